The zero-order valence-electron chi connectivity index (χ0n) is 21.2. The third kappa shape index (κ3) is 5.14. The first-order chi connectivity index (χ1) is 17.4. The molecule has 0 saturated heterocycles. The van der Waals surface area contributed by atoms with E-state index in [-0.39, 0.29) is 17.6 Å². The van der Waals surface area contributed by atoms with Gasteiger partial charge in [-0.2, -0.15) is 0 Å². The van der Waals surface area contributed by atoms with E-state index in [1.165, 1.54) is 18.4 Å². The number of fused-ring (bicyclic) bond motifs is 3. The minimum Gasteiger partial charge on any atom is -0.361 e. The number of thiazole rings is 1. The molecule has 11 heteroatoms. The van der Waals surface area contributed by atoms with Gasteiger partial charge in [-0.15, -0.1) is 0 Å². The Morgan fingerprint density at radius 1 is 1.08 bits per heavy atom. The number of anilines is 1. The van der Waals surface area contributed by atoms with E-state index in [1.807, 2.05) is 67.8 Å². The second-order valence-corrected chi connectivity index (χ2v) is 13.1. The maximum Gasteiger partial charge on any atom is 0.233 e. The predicted molar refractivity (Wildman–Crippen MR) is 145 cm³/mol. The van der Waals surface area contributed by atoms with Gasteiger partial charge in [-0.05, 0) is 17.7 Å². The normalized spacial score (nSPS) is 12.5. The molecule has 0 spiro atoms. The van der Waals surface area contributed by atoms with Crippen LogP contribution in [-0.2, 0) is 33.1 Å². The summed E-state index contributed by atoms with van der Waals surface area (Å²) < 4.78 is 32.2. The van der Waals surface area contributed by atoms with Gasteiger partial charge < -0.3 is 4.52 Å². The van der Waals surface area contributed by atoms with Gasteiger partial charge in [0.2, 0.25) is 10.0 Å². The molecule has 0 fully saturated rings. The molecule has 192 valence electrons. The van der Waals surface area contributed by atoms with Crippen molar-refractivity contribution in [2.75, 3.05) is 17.6 Å². The van der Waals surface area contributed by atoms with Crippen LogP contribution in [0.5, 0.6) is 0 Å². The molecule has 0 aliphatic carbocycles. The van der Waals surface area contributed by atoms with E-state index in [2.05, 4.69) is 10.1 Å². The van der Waals surface area contributed by atoms with E-state index < -0.39 is 10.0 Å². The number of carbonyl (C=O) groups excluding carboxylic acids is 1. The molecule has 0 amide bonds. The van der Waals surface area contributed by atoms with Crippen LogP contribution in [0.25, 0.3) is 26.6 Å². The molecular weight excluding hydrogens is 510 g/mol. The van der Waals surface area contributed by atoms with Crippen molar-refractivity contribution in [2.45, 2.75) is 39.0 Å². The Kier molecular flexibility index (Phi) is 6.15. The lowest BCUT2D eigenvalue weighted by Crippen LogP contribution is -2.25. The summed E-state index contributed by atoms with van der Waals surface area (Å²) in [6.45, 7) is 6.13. The number of imidazole rings is 1. The SMILES string of the molecule is CN(c1ccc2c(n1)sc1nc(-c3ccc(CC(=O)Cc4cc(C(C)(C)C)on4)cc3)cn12)S(C)(=O)=O. The number of nitrogens with zero attached hydrogens (tertiary/aromatic N) is 5. The topological polar surface area (TPSA) is 111 Å². The fourth-order valence-corrected chi connectivity index (χ4v) is 5.31. The summed E-state index contributed by atoms with van der Waals surface area (Å²) in [7, 11) is -1.91. The minimum absolute atomic E-state index is 0.0730. The van der Waals surface area contributed by atoms with Crippen molar-refractivity contribution in [3.8, 4) is 11.3 Å². The van der Waals surface area contributed by atoms with Crippen LogP contribution in [0.4, 0.5) is 5.82 Å². The molecule has 0 bridgehead atoms. The number of ketones is 1. The summed E-state index contributed by atoms with van der Waals surface area (Å²) in [5.74, 6) is 1.21. The van der Waals surface area contributed by atoms with Crippen molar-refractivity contribution in [1.82, 2.24) is 19.5 Å². The number of aromatic nitrogens is 4. The number of sulfonamides is 1. The zero-order chi connectivity index (χ0) is 26.5. The van der Waals surface area contributed by atoms with E-state index >= 15 is 0 Å². The molecular formula is C26H27N5O4S2. The molecule has 5 rings (SSSR count). The fourth-order valence-electron chi connectivity index (χ4n) is 3.89. The van der Waals surface area contributed by atoms with Crippen molar-refractivity contribution in [2.24, 2.45) is 0 Å². The maximum absolute atomic E-state index is 12.6. The van der Waals surface area contributed by atoms with Gasteiger partial charge in [0.1, 0.15) is 22.2 Å². The Morgan fingerprint density at radius 3 is 2.46 bits per heavy atom. The third-order valence-corrected chi connectivity index (χ3v) is 8.24. The number of hydrogen-bond acceptors (Lipinski definition) is 8. The average Bonchev–Trinajstić information content (AvgIpc) is 3.52. The molecule has 0 saturated carbocycles. The summed E-state index contributed by atoms with van der Waals surface area (Å²) in [6, 6.07) is 13.2. The van der Waals surface area contributed by atoms with E-state index in [1.54, 1.807) is 6.07 Å². The molecule has 0 unspecified atom stereocenters. The number of Topliss-reactive ketones (excluding diaryl/α,β-unsaturated/α-hetero) is 1. The smallest absolute Gasteiger partial charge is 0.233 e. The maximum atomic E-state index is 12.6. The van der Waals surface area contributed by atoms with Crippen LogP contribution in [-0.4, -0.2) is 47.0 Å². The van der Waals surface area contributed by atoms with Gasteiger partial charge >= 0.3 is 0 Å². The van der Waals surface area contributed by atoms with Crippen molar-refractivity contribution >= 4 is 48.3 Å². The molecule has 0 aliphatic heterocycles. The first-order valence-electron chi connectivity index (χ1n) is 11.7. The van der Waals surface area contributed by atoms with Gasteiger partial charge in [-0.1, -0.05) is 61.5 Å². The molecule has 37 heavy (non-hydrogen) atoms. The van der Waals surface area contributed by atoms with Crippen molar-refractivity contribution in [1.29, 1.82) is 0 Å². The predicted octanol–water partition coefficient (Wildman–Crippen LogP) is 4.65. The van der Waals surface area contributed by atoms with E-state index in [0.717, 1.165) is 43.6 Å². The summed E-state index contributed by atoms with van der Waals surface area (Å²) >= 11 is 1.40. The highest BCUT2D eigenvalue weighted by Gasteiger charge is 2.21. The number of pyridine rings is 1. The average molecular weight is 538 g/mol. The Hall–Kier alpha value is -3.57. The van der Waals surface area contributed by atoms with Crippen LogP contribution < -0.4 is 4.31 Å². The van der Waals surface area contributed by atoms with Crippen LogP contribution >= 0.6 is 11.3 Å². The Morgan fingerprint density at radius 2 is 1.81 bits per heavy atom. The quantitative estimate of drug-likeness (QED) is 0.297. The van der Waals surface area contributed by atoms with E-state index in [4.69, 9.17) is 9.51 Å². The Labute approximate surface area is 218 Å². The highest BCUT2D eigenvalue weighted by atomic mass is 32.2. The molecule has 9 nitrogen and oxygen atoms in total. The molecule has 5 aromatic rings. The largest absolute Gasteiger partial charge is 0.361 e. The van der Waals surface area contributed by atoms with Gasteiger partial charge in [-0.25, -0.2) is 18.4 Å². The lowest BCUT2D eigenvalue weighted by Gasteiger charge is -2.14. The summed E-state index contributed by atoms with van der Waals surface area (Å²) in [4.78, 5) is 23.3. The first kappa shape index (κ1) is 25.1. The monoisotopic (exact) mass is 537 g/mol. The molecule has 4 aromatic heterocycles. The van der Waals surface area contributed by atoms with Crippen LogP contribution in [0.2, 0.25) is 0 Å². The van der Waals surface area contributed by atoms with Crippen LogP contribution in [0, 0.1) is 0 Å². The molecule has 0 radical (unpaired) electrons. The van der Waals surface area contributed by atoms with Gasteiger partial charge in [0, 0.05) is 36.7 Å². The Balaban J connectivity index is 1.30. The molecule has 0 N–H and O–H groups in total. The number of carbonyl (C=O) groups is 1. The van der Waals surface area contributed by atoms with Crippen LogP contribution in [0.15, 0.2) is 53.2 Å². The summed E-state index contributed by atoms with van der Waals surface area (Å²) in [6.07, 6.45) is 3.64. The number of rotatable bonds is 7. The second-order valence-electron chi connectivity index (χ2n) is 10.1. The van der Waals surface area contributed by atoms with Gasteiger partial charge in [0.15, 0.2) is 4.96 Å². The minimum atomic E-state index is -3.39. The van der Waals surface area contributed by atoms with Gasteiger partial charge in [0.25, 0.3) is 0 Å². The number of benzene rings is 1. The van der Waals surface area contributed by atoms with Crippen LogP contribution in [0.3, 0.4) is 0 Å². The van der Waals surface area contributed by atoms with Crippen LogP contribution in [0.1, 0.15) is 37.8 Å². The molecule has 0 atom stereocenters. The molecule has 0 aliphatic rings. The first-order valence-corrected chi connectivity index (χ1v) is 14.3. The highest BCUT2D eigenvalue weighted by Crippen LogP contribution is 2.30. The van der Waals surface area contributed by atoms with Crippen molar-refractivity contribution < 1.29 is 17.7 Å². The Bertz CT molecular complexity index is 1720. The number of hydrogen-bond donors (Lipinski definition) is 0. The molecule has 4 heterocycles. The second kappa shape index (κ2) is 9.07. The van der Waals surface area contributed by atoms with Crippen molar-refractivity contribution in [3.63, 3.8) is 0 Å². The van der Waals surface area contributed by atoms with Gasteiger partial charge in [0.05, 0.1) is 29.6 Å². The standard InChI is InChI=1S/C26H27N5O4S2/c1-26(2,3)22-14-18(29-35-22)13-19(32)12-16-6-8-17(9-7-16)20-15-31-21-10-11-23(30(4)37(5,33)34)28-24(21)36-25(31)27-20/h6-11,14-15H,12-13H2,1-5H3. The summed E-state index contributed by atoms with van der Waals surface area (Å²) in [5.41, 5.74) is 4.03. The third-order valence-electron chi connectivity index (χ3n) is 6.09. The fraction of sp³-hybridized carbons (Fsp3) is 0.308. The van der Waals surface area contributed by atoms with E-state index in [9.17, 15) is 13.2 Å². The highest BCUT2D eigenvalue weighted by molar-refractivity contribution is 7.92. The molecule has 1 aromatic carbocycles. The lowest BCUT2D eigenvalue weighted by atomic mass is 9.93. The van der Waals surface area contributed by atoms with Gasteiger partial charge in [-0.3, -0.25) is 13.5 Å². The zero-order valence-corrected chi connectivity index (χ0v) is 22.9. The van der Waals surface area contributed by atoms with E-state index in [0.29, 0.717) is 22.8 Å². The summed E-state index contributed by atoms with van der Waals surface area (Å²) in [5, 5.41) is 4.04. The van der Waals surface area contributed by atoms with Crippen molar-refractivity contribution in [3.05, 3.63) is 65.7 Å². The lowest BCUT2D eigenvalue weighted by molar-refractivity contribution is -0.117.